The van der Waals surface area contributed by atoms with E-state index in [2.05, 4.69) is 15.3 Å². The Bertz CT molecular complexity index is 424. The summed E-state index contributed by atoms with van der Waals surface area (Å²) in [6, 6.07) is 0. The second-order valence-corrected chi connectivity index (χ2v) is 5.98. The van der Waals surface area contributed by atoms with Crippen LogP contribution in [0.3, 0.4) is 0 Å². The van der Waals surface area contributed by atoms with E-state index in [9.17, 15) is 4.79 Å². The number of aromatic nitrogens is 1. The van der Waals surface area contributed by atoms with Gasteiger partial charge in [-0.3, -0.25) is 15.1 Å². The summed E-state index contributed by atoms with van der Waals surface area (Å²) in [7, 11) is 0. The fourth-order valence-electron chi connectivity index (χ4n) is 2.44. The number of hydrogen-bond acceptors (Lipinski definition) is 5. The van der Waals surface area contributed by atoms with E-state index in [4.69, 9.17) is 5.84 Å². The van der Waals surface area contributed by atoms with Crippen LogP contribution in [0.5, 0.6) is 0 Å². The minimum Gasteiger partial charge on any atom is -0.297 e. The minimum absolute atomic E-state index is 0.225. The Morgan fingerprint density at radius 1 is 1.37 bits per heavy atom. The normalized spacial score (nSPS) is 17.2. The molecule has 1 aromatic heterocycles. The second kappa shape index (κ2) is 6.98. The molecule has 0 aliphatic carbocycles. The quantitative estimate of drug-likeness (QED) is 0.501. The molecule has 1 aliphatic heterocycles. The zero-order valence-corrected chi connectivity index (χ0v) is 12.3. The molecule has 0 spiro atoms. The highest BCUT2D eigenvalue weighted by Crippen LogP contribution is 2.22. The molecule has 1 amide bonds. The number of likely N-dealkylation sites (tertiary alicyclic amines) is 1. The number of hydrogen-bond donors (Lipinski definition) is 2. The van der Waals surface area contributed by atoms with Gasteiger partial charge in [0.05, 0.1) is 12.2 Å². The number of hydrazine groups is 1. The number of aryl methyl sites for hydroxylation is 1. The van der Waals surface area contributed by atoms with E-state index in [1.54, 1.807) is 0 Å². The van der Waals surface area contributed by atoms with Crippen LogP contribution in [0.25, 0.3) is 0 Å². The van der Waals surface area contributed by atoms with Crippen molar-refractivity contribution in [1.82, 2.24) is 15.3 Å². The number of nitrogens with zero attached hydrogens (tertiary/aromatic N) is 2. The lowest BCUT2D eigenvalue weighted by atomic mass is 10.2. The third-order valence-electron chi connectivity index (χ3n) is 3.47. The van der Waals surface area contributed by atoms with E-state index >= 15 is 0 Å². The van der Waals surface area contributed by atoms with E-state index < -0.39 is 0 Å². The van der Waals surface area contributed by atoms with Crippen molar-refractivity contribution in [2.24, 2.45) is 5.84 Å². The summed E-state index contributed by atoms with van der Waals surface area (Å²) in [6.07, 6.45) is 5.95. The first-order chi connectivity index (χ1) is 9.24. The van der Waals surface area contributed by atoms with Gasteiger partial charge in [0.25, 0.3) is 5.91 Å². The molecule has 2 rings (SSSR count). The molecular formula is C13H22N4OS. The predicted molar refractivity (Wildman–Crippen MR) is 76.9 cm³/mol. The van der Waals surface area contributed by atoms with Gasteiger partial charge in [-0.15, -0.1) is 11.3 Å². The van der Waals surface area contributed by atoms with Crippen molar-refractivity contribution in [2.45, 2.75) is 45.6 Å². The lowest BCUT2D eigenvalue weighted by Crippen LogP contribution is -2.30. The van der Waals surface area contributed by atoms with Crippen molar-refractivity contribution < 1.29 is 4.79 Å². The largest absolute Gasteiger partial charge is 0.297 e. The minimum atomic E-state index is -0.225. The molecule has 0 radical (unpaired) electrons. The zero-order chi connectivity index (χ0) is 13.7. The van der Waals surface area contributed by atoms with Gasteiger partial charge in [0, 0.05) is 0 Å². The molecule has 5 nitrogen and oxygen atoms in total. The molecule has 0 atom stereocenters. The van der Waals surface area contributed by atoms with Gasteiger partial charge in [-0.2, -0.15) is 0 Å². The summed E-state index contributed by atoms with van der Waals surface area (Å²) in [4.78, 5) is 19.4. The van der Waals surface area contributed by atoms with Crippen LogP contribution >= 0.6 is 11.3 Å². The van der Waals surface area contributed by atoms with Crippen LogP contribution in [0.4, 0.5) is 0 Å². The lowest BCUT2D eigenvalue weighted by molar-refractivity contribution is 0.0956. The van der Waals surface area contributed by atoms with E-state index in [1.807, 2.05) is 6.92 Å². The van der Waals surface area contributed by atoms with Crippen LogP contribution in [-0.2, 0) is 13.0 Å². The lowest BCUT2D eigenvalue weighted by Gasteiger charge is -2.17. The monoisotopic (exact) mass is 282 g/mol. The summed E-state index contributed by atoms with van der Waals surface area (Å²) >= 11 is 1.47. The molecule has 3 N–H and O–H groups in total. The Kier molecular flexibility index (Phi) is 5.30. The highest BCUT2D eigenvalue weighted by Gasteiger charge is 2.18. The Morgan fingerprint density at radius 3 is 2.63 bits per heavy atom. The number of nitrogen functional groups attached to an aromatic ring is 1. The van der Waals surface area contributed by atoms with Crippen LogP contribution in [0.15, 0.2) is 0 Å². The summed E-state index contributed by atoms with van der Waals surface area (Å²) in [5, 5.41) is 1.03. The van der Waals surface area contributed by atoms with Crippen molar-refractivity contribution in [1.29, 1.82) is 0 Å². The predicted octanol–water partition coefficient (Wildman–Crippen LogP) is 1.68. The molecule has 2 heterocycles. The molecule has 1 fully saturated rings. The third-order valence-corrected chi connectivity index (χ3v) is 4.55. The van der Waals surface area contributed by atoms with Crippen LogP contribution < -0.4 is 11.3 Å². The Balaban J connectivity index is 2.07. The maximum Gasteiger partial charge on any atom is 0.277 e. The number of carbonyl (C=O) groups excluding carboxylic acids is 1. The average molecular weight is 282 g/mol. The third kappa shape index (κ3) is 3.75. The van der Waals surface area contributed by atoms with Crippen LogP contribution in [0.2, 0.25) is 0 Å². The van der Waals surface area contributed by atoms with Crippen molar-refractivity contribution >= 4 is 17.2 Å². The number of rotatable bonds is 4. The Morgan fingerprint density at radius 2 is 2.05 bits per heavy atom. The standard InChI is InChI=1S/C13H22N4OS/c1-2-10-12(13(18)16-14)19-11(15-10)9-17-7-5-3-4-6-8-17/h2-9,14H2,1H3,(H,16,18). The first-order valence-electron chi connectivity index (χ1n) is 6.96. The van der Waals surface area contributed by atoms with E-state index in [0.717, 1.165) is 36.8 Å². The van der Waals surface area contributed by atoms with Gasteiger partial charge in [0.15, 0.2) is 0 Å². The fraction of sp³-hybridized carbons (Fsp3) is 0.692. The molecule has 1 aromatic rings. The molecule has 0 unspecified atom stereocenters. The van der Waals surface area contributed by atoms with E-state index in [0.29, 0.717) is 4.88 Å². The topological polar surface area (TPSA) is 71.2 Å². The van der Waals surface area contributed by atoms with Gasteiger partial charge in [0.2, 0.25) is 0 Å². The number of carbonyl (C=O) groups is 1. The molecule has 0 saturated carbocycles. The van der Waals surface area contributed by atoms with Crippen LogP contribution in [-0.4, -0.2) is 28.9 Å². The van der Waals surface area contributed by atoms with E-state index in [1.165, 1.54) is 37.0 Å². The number of thiazole rings is 1. The van der Waals surface area contributed by atoms with Gasteiger partial charge >= 0.3 is 0 Å². The van der Waals surface area contributed by atoms with Crippen molar-refractivity contribution in [3.05, 3.63) is 15.6 Å². The van der Waals surface area contributed by atoms with Gasteiger partial charge < -0.3 is 0 Å². The Hall–Kier alpha value is -0.980. The van der Waals surface area contributed by atoms with Gasteiger partial charge in [-0.25, -0.2) is 10.8 Å². The zero-order valence-electron chi connectivity index (χ0n) is 11.4. The molecule has 19 heavy (non-hydrogen) atoms. The van der Waals surface area contributed by atoms with Crippen LogP contribution in [0, 0.1) is 0 Å². The summed E-state index contributed by atoms with van der Waals surface area (Å²) in [5.41, 5.74) is 3.06. The molecule has 1 saturated heterocycles. The highest BCUT2D eigenvalue weighted by molar-refractivity contribution is 7.13. The maximum absolute atomic E-state index is 11.7. The van der Waals surface area contributed by atoms with Crippen molar-refractivity contribution in [3.63, 3.8) is 0 Å². The SMILES string of the molecule is CCc1nc(CN2CCCCCC2)sc1C(=O)NN. The van der Waals surface area contributed by atoms with Gasteiger partial charge in [-0.05, 0) is 32.4 Å². The molecule has 6 heteroatoms. The fourth-order valence-corrected chi connectivity index (χ4v) is 3.53. The molecule has 1 aliphatic rings. The second-order valence-electron chi connectivity index (χ2n) is 4.90. The number of nitrogens with one attached hydrogen (secondary N) is 1. The number of amides is 1. The molecular weight excluding hydrogens is 260 g/mol. The number of nitrogens with two attached hydrogens (primary N) is 1. The van der Waals surface area contributed by atoms with Gasteiger partial charge in [0.1, 0.15) is 9.88 Å². The van der Waals surface area contributed by atoms with Crippen molar-refractivity contribution in [3.8, 4) is 0 Å². The summed E-state index contributed by atoms with van der Waals surface area (Å²) < 4.78 is 0. The highest BCUT2D eigenvalue weighted by atomic mass is 32.1. The average Bonchev–Trinajstić information content (AvgIpc) is 2.66. The first kappa shape index (κ1) is 14.4. The summed E-state index contributed by atoms with van der Waals surface area (Å²) in [5.74, 6) is 4.99. The first-order valence-corrected chi connectivity index (χ1v) is 7.78. The van der Waals surface area contributed by atoms with Crippen LogP contribution in [0.1, 0.15) is 53.0 Å². The van der Waals surface area contributed by atoms with E-state index in [-0.39, 0.29) is 5.91 Å². The van der Waals surface area contributed by atoms with Crippen molar-refractivity contribution in [2.75, 3.05) is 13.1 Å². The summed E-state index contributed by atoms with van der Waals surface area (Å²) in [6.45, 7) is 5.15. The maximum atomic E-state index is 11.7. The molecule has 106 valence electrons. The van der Waals surface area contributed by atoms with Gasteiger partial charge in [-0.1, -0.05) is 19.8 Å². The molecule has 0 aromatic carbocycles. The smallest absolute Gasteiger partial charge is 0.277 e. The Labute approximate surface area is 118 Å². The molecule has 0 bridgehead atoms.